The number of piperidine rings is 1. The number of rotatable bonds is 8. The van der Waals surface area contributed by atoms with Crippen LogP contribution < -0.4 is 0 Å². The smallest absolute Gasteiger partial charge is 0.294 e. The van der Waals surface area contributed by atoms with Gasteiger partial charge in [-0.3, -0.25) is 0 Å². The van der Waals surface area contributed by atoms with Crippen molar-refractivity contribution in [3.8, 4) is 0 Å². The number of hydroxylamine groups is 2. The van der Waals surface area contributed by atoms with Crippen LogP contribution in [0.5, 0.6) is 0 Å². The van der Waals surface area contributed by atoms with E-state index in [1.807, 2.05) is 41.5 Å². The Hall–Kier alpha value is -1.72. The molecule has 148 valence electrons. The lowest BCUT2D eigenvalue weighted by atomic mass is 9.80. The van der Waals surface area contributed by atoms with Crippen LogP contribution in [0.2, 0.25) is 0 Å². The second-order valence-electron chi connectivity index (χ2n) is 6.77. The maximum absolute atomic E-state index is 10.4. The lowest BCUT2D eigenvalue weighted by Crippen LogP contribution is -2.60. The Morgan fingerprint density at radius 3 is 1.96 bits per heavy atom. The minimum absolute atomic E-state index is 0.225. The molecule has 1 unspecified atom stereocenters. The summed E-state index contributed by atoms with van der Waals surface area (Å²) in [7, 11) is 0. The summed E-state index contributed by atoms with van der Waals surface area (Å²) < 4.78 is 5.63. The molecular weight excluding hydrogens is 338 g/mol. The molecule has 0 amide bonds. The molecule has 1 fully saturated rings. The van der Waals surface area contributed by atoms with Gasteiger partial charge in [-0.1, -0.05) is 13.8 Å². The Kier molecular flexibility index (Phi) is 9.02. The quantitative estimate of drug-likeness (QED) is 0.505. The summed E-state index contributed by atoms with van der Waals surface area (Å²) in [5, 5.41) is 30.0. The number of hydrogen-bond acceptors (Lipinski definition) is 9. The molecule has 0 bridgehead atoms. The zero-order valence-electron chi connectivity index (χ0n) is 15.6. The van der Waals surface area contributed by atoms with Crippen molar-refractivity contribution >= 4 is 0 Å². The number of ether oxygens (including phenoxy) is 1. The van der Waals surface area contributed by atoms with Crippen molar-refractivity contribution in [3.63, 3.8) is 0 Å². The average Bonchev–Trinajstić information content (AvgIpc) is 2.48. The SMILES string of the molecule is CC.CC1(C)CC(OCC(CO[N+](=O)[O-])O[N+](=O)[O-])CC(C)(C)N1O. The van der Waals surface area contributed by atoms with Crippen LogP contribution >= 0.6 is 0 Å². The predicted octanol–water partition coefficient (Wildman–Crippen LogP) is 2.23. The van der Waals surface area contributed by atoms with E-state index in [1.54, 1.807) is 0 Å². The summed E-state index contributed by atoms with van der Waals surface area (Å²) >= 11 is 0. The van der Waals surface area contributed by atoms with Gasteiger partial charge in [-0.15, -0.1) is 20.2 Å². The highest BCUT2D eigenvalue weighted by atomic mass is 17.0. The Balaban J connectivity index is 0.00000277. The molecule has 0 aliphatic carbocycles. The van der Waals surface area contributed by atoms with Crippen LogP contribution in [0.1, 0.15) is 54.4 Å². The van der Waals surface area contributed by atoms with Gasteiger partial charge in [-0.2, -0.15) is 5.06 Å². The van der Waals surface area contributed by atoms with E-state index in [0.29, 0.717) is 12.8 Å². The molecular formula is C14H29N3O8. The third-order valence-corrected chi connectivity index (χ3v) is 3.72. The lowest BCUT2D eigenvalue weighted by Gasteiger charge is -2.51. The Bertz CT molecular complexity index is 426. The Morgan fingerprint density at radius 1 is 1.08 bits per heavy atom. The highest BCUT2D eigenvalue weighted by Gasteiger charge is 2.45. The van der Waals surface area contributed by atoms with Gasteiger partial charge in [0.05, 0.1) is 12.7 Å². The van der Waals surface area contributed by atoms with Crippen molar-refractivity contribution in [1.29, 1.82) is 0 Å². The normalized spacial score (nSPS) is 20.8. The second kappa shape index (κ2) is 9.68. The monoisotopic (exact) mass is 367 g/mol. The van der Waals surface area contributed by atoms with Gasteiger partial charge in [0.1, 0.15) is 6.61 Å². The fourth-order valence-electron chi connectivity index (χ4n) is 2.91. The molecule has 25 heavy (non-hydrogen) atoms. The van der Waals surface area contributed by atoms with Gasteiger partial charge >= 0.3 is 0 Å². The van der Waals surface area contributed by atoms with Crippen molar-refractivity contribution in [2.75, 3.05) is 13.2 Å². The number of hydrogen-bond donors (Lipinski definition) is 1. The van der Waals surface area contributed by atoms with Crippen molar-refractivity contribution in [1.82, 2.24) is 5.06 Å². The van der Waals surface area contributed by atoms with E-state index in [2.05, 4.69) is 9.68 Å². The third-order valence-electron chi connectivity index (χ3n) is 3.72. The first-order valence-electron chi connectivity index (χ1n) is 8.13. The maximum atomic E-state index is 10.4. The molecule has 11 heteroatoms. The molecule has 1 heterocycles. The van der Waals surface area contributed by atoms with Gasteiger partial charge in [0.2, 0.25) is 0 Å². The summed E-state index contributed by atoms with van der Waals surface area (Å²) in [6.45, 7) is 10.6. The molecule has 0 aromatic carbocycles. The molecule has 1 aliphatic heterocycles. The van der Waals surface area contributed by atoms with E-state index in [-0.39, 0.29) is 12.7 Å². The van der Waals surface area contributed by atoms with Gasteiger partial charge in [-0.05, 0) is 40.5 Å². The van der Waals surface area contributed by atoms with Crippen molar-refractivity contribution in [2.45, 2.75) is 77.7 Å². The van der Waals surface area contributed by atoms with Crippen LogP contribution in [0.15, 0.2) is 0 Å². The fraction of sp³-hybridized carbons (Fsp3) is 1.00. The summed E-state index contributed by atoms with van der Waals surface area (Å²) in [6, 6.07) is 0. The molecule has 0 spiro atoms. The first kappa shape index (κ1) is 23.3. The van der Waals surface area contributed by atoms with Crippen LogP contribution in [-0.4, -0.2) is 56.9 Å². The van der Waals surface area contributed by atoms with E-state index in [0.717, 1.165) is 0 Å². The molecule has 1 aliphatic rings. The number of nitrogens with zero attached hydrogens (tertiary/aromatic N) is 3. The highest BCUT2D eigenvalue weighted by Crippen LogP contribution is 2.37. The van der Waals surface area contributed by atoms with Crippen molar-refractivity contribution in [3.05, 3.63) is 20.2 Å². The highest BCUT2D eigenvalue weighted by molar-refractivity contribution is 4.96. The van der Waals surface area contributed by atoms with Crippen LogP contribution in [0.25, 0.3) is 0 Å². The summed E-state index contributed by atoms with van der Waals surface area (Å²) in [6.07, 6.45) is -0.492. The molecule has 1 atom stereocenters. The zero-order chi connectivity index (χ0) is 19.8. The van der Waals surface area contributed by atoms with Gasteiger partial charge in [0, 0.05) is 11.1 Å². The topological polar surface area (TPSA) is 137 Å². The zero-order valence-corrected chi connectivity index (χ0v) is 15.6. The Morgan fingerprint density at radius 2 is 1.56 bits per heavy atom. The van der Waals surface area contributed by atoms with Gasteiger partial charge in [0.15, 0.2) is 6.10 Å². The van der Waals surface area contributed by atoms with Crippen molar-refractivity contribution in [2.24, 2.45) is 0 Å². The molecule has 1 rings (SSSR count). The maximum Gasteiger partial charge on any atom is 0.294 e. The van der Waals surface area contributed by atoms with E-state index in [1.165, 1.54) is 5.06 Å². The molecule has 0 aromatic rings. The standard InChI is InChI=1S/C12H23N3O8.C2H6/c1-11(2)5-9(6-12(3,4)13(11)16)21-7-10(23-15(19)20)8-22-14(17)18;1-2/h9-10,16H,5-8H2,1-4H3;1-2H3. The van der Waals surface area contributed by atoms with Crippen LogP contribution in [0.4, 0.5) is 0 Å². The lowest BCUT2D eigenvalue weighted by molar-refractivity contribution is -0.790. The summed E-state index contributed by atoms with van der Waals surface area (Å²) in [5.74, 6) is 0. The van der Waals surface area contributed by atoms with Crippen LogP contribution in [0, 0.1) is 20.2 Å². The van der Waals surface area contributed by atoms with Gasteiger partial charge in [0.25, 0.3) is 10.2 Å². The van der Waals surface area contributed by atoms with E-state index in [9.17, 15) is 25.4 Å². The first-order valence-corrected chi connectivity index (χ1v) is 8.13. The van der Waals surface area contributed by atoms with Crippen LogP contribution in [0.3, 0.4) is 0 Å². The molecule has 1 N–H and O–H groups in total. The minimum Gasteiger partial charge on any atom is -0.376 e. The minimum atomic E-state index is -1.20. The third kappa shape index (κ3) is 7.80. The average molecular weight is 367 g/mol. The first-order chi connectivity index (χ1) is 11.4. The molecule has 0 saturated carbocycles. The molecule has 0 radical (unpaired) electrons. The van der Waals surface area contributed by atoms with Crippen LogP contribution in [-0.2, 0) is 14.4 Å². The van der Waals surface area contributed by atoms with E-state index in [4.69, 9.17) is 4.74 Å². The summed E-state index contributed by atoms with van der Waals surface area (Å²) in [5.41, 5.74) is -1.08. The molecule has 1 saturated heterocycles. The largest absolute Gasteiger partial charge is 0.376 e. The Labute approximate surface area is 147 Å². The van der Waals surface area contributed by atoms with Gasteiger partial charge in [-0.25, -0.2) is 0 Å². The van der Waals surface area contributed by atoms with Crippen molar-refractivity contribution < 1.29 is 29.8 Å². The second-order valence-corrected chi connectivity index (χ2v) is 6.77. The molecule has 11 nitrogen and oxygen atoms in total. The van der Waals surface area contributed by atoms with E-state index < -0.39 is 34.0 Å². The predicted molar refractivity (Wildman–Crippen MR) is 86.9 cm³/mol. The molecule has 0 aromatic heterocycles. The fourth-order valence-corrected chi connectivity index (χ4v) is 2.91. The van der Waals surface area contributed by atoms with E-state index >= 15 is 0 Å². The van der Waals surface area contributed by atoms with Gasteiger partial charge < -0.3 is 19.6 Å². The summed E-state index contributed by atoms with van der Waals surface area (Å²) in [4.78, 5) is 29.0.